The summed E-state index contributed by atoms with van der Waals surface area (Å²) in [5.41, 5.74) is 4.35. The molecular formula is C14H10Br2N2. The number of aryl methyl sites for hydroxylation is 1. The lowest BCUT2D eigenvalue weighted by molar-refractivity contribution is 1.30. The van der Waals surface area contributed by atoms with Crippen molar-refractivity contribution in [2.75, 3.05) is 0 Å². The molecule has 0 radical (unpaired) electrons. The van der Waals surface area contributed by atoms with Crippen LogP contribution in [0.4, 0.5) is 0 Å². The van der Waals surface area contributed by atoms with Gasteiger partial charge in [0, 0.05) is 14.5 Å². The molecule has 2 nitrogen and oxygen atoms in total. The standard InChI is InChI=1S/C14H10Br2N2/c1-8-6-9(15)2-4-11(8)14-17-12-5-3-10(16)7-13(12)18-14/h2-7H,1H3,(H,17,18). The zero-order valence-electron chi connectivity index (χ0n) is 9.67. The number of H-pyrrole nitrogens is 1. The van der Waals surface area contributed by atoms with E-state index in [1.807, 2.05) is 24.3 Å². The SMILES string of the molecule is Cc1cc(Br)ccc1-c1nc2ccc(Br)cc2[nH]1. The fourth-order valence-electron chi connectivity index (χ4n) is 2.00. The van der Waals surface area contributed by atoms with E-state index in [1.54, 1.807) is 0 Å². The second-order valence-electron chi connectivity index (χ2n) is 4.21. The van der Waals surface area contributed by atoms with Gasteiger partial charge in [-0.15, -0.1) is 0 Å². The molecule has 0 aliphatic heterocycles. The summed E-state index contributed by atoms with van der Waals surface area (Å²) in [5.74, 6) is 0.910. The van der Waals surface area contributed by atoms with Crippen molar-refractivity contribution in [3.8, 4) is 11.4 Å². The van der Waals surface area contributed by atoms with Crippen LogP contribution in [-0.4, -0.2) is 9.97 Å². The summed E-state index contributed by atoms with van der Waals surface area (Å²) >= 11 is 6.94. The van der Waals surface area contributed by atoms with Crippen LogP contribution in [-0.2, 0) is 0 Å². The monoisotopic (exact) mass is 364 g/mol. The molecule has 0 saturated carbocycles. The largest absolute Gasteiger partial charge is 0.338 e. The quantitative estimate of drug-likeness (QED) is 0.641. The number of hydrogen-bond donors (Lipinski definition) is 1. The highest BCUT2D eigenvalue weighted by atomic mass is 79.9. The van der Waals surface area contributed by atoms with E-state index in [9.17, 15) is 0 Å². The number of aromatic amines is 1. The zero-order valence-corrected chi connectivity index (χ0v) is 12.8. The molecule has 1 aromatic heterocycles. The minimum absolute atomic E-state index is 0.910. The molecule has 0 bridgehead atoms. The Kier molecular flexibility index (Phi) is 2.99. The summed E-state index contributed by atoms with van der Waals surface area (Å²) in [6.45, 7) is 2.09. The van der Waals surface area contributed by atoms with Gasteiger partial charge in [-0.25, -0.2) is 4.98 Å². The summed E-state index contributed by atoms with van der Waals surface area (Å²) < 4.78 is 2.14. The number of nitrogens with one attached hydrogen (secondary N) is 1. The summed E-state index contributed by atoms with van der Waals surface area (Å²) in [7, 11) is 0. The minimum Gasteiger partial charge on any atom is -0.338 e. The van der Waals surface area contributed by atoms with E-state index < -0.39 is 0 Å². The Morgan fingerprint density at radius 3 is 2.50 bits per heavy atom. The first-order chi connectivity index (χ1) is 8.63. The highest BCUT2D eigenvalue weighted by molar-refractivity contribution is 9.10. The highest BCUT2D eigenvalue weighted by Crippen LogP contribution is 2.27. The first kappa shape index (κ1) is 11.9. The zero-order chi connectivity index (χ0) is 12.7. The van der Waals surface area contributed by atoms with E-state index in [4.69, 9.17) is 0 Å². The molecule has 0 amide bonds. The van der Waals surface area contributed by atoms with E-state index in [2.05, 4.69) is 60.9 Å². The van der Waals surface area contributed by atoms with E-state index in [0.29, 0.717) is 0 Å². The molecule has 0 aliphatic carbocycles. The van der Waals surface area contributed by atoms with Crippen molar-refractivity contribution in [3.05, 3.63) is 50.9 Å². The fraction of sp³-hybridized carbons (Fsp3) is 0.0714. The Labute approximate surface area is 122 Å². The van der Waals surface area contributed by atoms with E-state index >= 15 is 0 Å². The molecule has 90 valence electrons. The summed E-state index contributed by atoms with van der Waals surface area (Å²) in [6.07, 6.45) is 0. The molecule has 0 saturated heterocycles. The molecule has 3 aromatic rings. The Bertz CT molecular complexity index is 732. The van der Waals surface area contributed by atoms with Crippen molar-refractivity contribution < 1.29 is 0 Å². The Morgan fingerprint density at radius 1 is 1.00 bits per heavy atom. The van der Waals surface area contributed by atoms with Crippen molar-refractivity contribution in [1.29, 1.82) is 0 Å². The molecule has 0 fully saturated rings. The molecule has 0 unspecified atom stereocenters. The molecule has 4 heteroatoms. The third kappa shape index (κ3) is 2.10. The van der Waals surface area contributed by atoms with Gasteiger partial charge in [-0.2, -0.15) is 0 Å². The van der Waals surface area contributed by atoms with Gasteiger partial charge in [-0.3, -0.25) is 0 Å². The molecule has 1 heterocycles. The van der Waals surface area contributed by atoms with E-state index in [-0.39, 0.29) is 0 Å². The number of benzene rings is 2. The van der Waals surface area contributed by atoms with Crippen LogP contribution in [0.2, 0.25) is 0 Å². The lowest BCUT2D eigenvalue weighted by Crippen LogP contribution is -1.85. The van der Waals surface area contributed by atoms with Gasteiger partial charge in [0.25, 0.3) is 0 Å². The van der Waals surface area contributed by atoms with E-state index in [0.717, 1.165) is 31.4 Å². The lowest BCUT2D eigenvalue weighted by atomic mass is 10.1. The Morgan fingerprint density at radius 2 is 1.72 bits per heavy atom. The number of hydrogen-bond acceptors (Lipinski definition) is 1. The van der Waals surface area contributed by atoms with Crippen molar-refractivity contribution in [1.82, 2.24) is 9.97 Å². The first-order valence-electron chi connectivity index (χ1n) is 5.55. The Hall–Kier alpha value is -1.13. The average molecular weight is 366 g/mol. The van der Waals surface area contributed by atoms with Crippen LogP contribution in [0, 0.1) is 6.92 Å². The van der Waals surface area contributed by atoms with Crippen LogP contribution in [0.5, 0.6) is 0 Å². The van der Waals surface area contributed by atoms with Crippen LogP contribution >= 0.6 is 31.9 Å². The van der Waals surface area contributed by atoms with Gasteiger partial charge in [0.2, 0.25) is 0 Å². The van der Waals surface area contributed by atoms with Crippen LogP contribution in [0.15, 0.2) is 45.3 Å². The predicted molar refractivity (Wildman–Crippen MR) is 81.7 cm³/mol. The summed E-state index contributed by atoms with van der Waals surface area (Å²) in [4.78, 5) is 7.98. The summed E-state index contributed by atoms with van der Waals surface area (Å²) in [5, 5.41) is 0. The van der Waals surface area contributed by atoms with E-state index in [1.165, 1.54) is 5.56 Å². The average Bonchev–Trinajstić information content (AvgIpc) is 2.71. The number of imidazole rings is 1. The molecule has 0 aliphatic rings. The number of fused-ring (bicyclic) bond motifs is 1. The smallest absolute Gasteiger partial charge is 0.138 e. The number of aromatic nitrogens is 2. The molecule has 18 heavy (non-hydrogen) atoms. The fourth-order valence-corrected chi connectivity index (χ4v) is 2.84. The maximum atomic E-state index is 4.62. The molecular weight excluding hydrogens is 356 g/mol. The van der Waals surface area contributed by atoms with Gasteiger partial charge in [0.05, 0.1) is 11.0 Å². The van der Waals surface area contributed by atoms with Gasteiger partial charge in [0.15, 0.2) is 0 Å². The highest BCUT2D eigenvalue weighted by Gasteiger charge is 2.08. The van der Waals surface area contributed by atoms with Crippen molar-refractivity contribution in [2.45, 2.75) is 6.92 Å². The number of rotatable bonds is 1. The molecule has 3 rings (SSSR count). The Balaban J connectivity index is 2.19. The van der Waals surface area contributed by atoms with Crippen LogP contribution < -0.4 is 0 Å². The molecule has 2 aromatic carbocycles. The maximum Gasteiger partial charge on any atom is 0.138 e. The van der Waals surface area contributed by atoms with Gasteiger partial charge >= 0.3 is 0 Å². The number of nitrogens with zero attached hydrogens (tertiary/aromatic N) is 1. The molecule has 1 N–H and O–H groups in total. The predicted octanol–water partition coefficient (Wildman–Crippen LogP) is 5.06. The van der Waals surface area contributed by atoms with Crippen LogP contribution in [0.1, 0.15) is 5.56 Å². The van der Waals surface area contributed by atoms with Gasteiger partial charge in [0.1, 0.15) is 5.82 Å². The summed E-state index contributed by atoms with van der Waals surface area (Å²) in [6, 6.07) is 12.3. The molecule has 0 atom stereocenters. The van der Waals surface area contributed by atoms with Crippen molar-refractivity contribution in [2.24, 2.45) is 0 Å². The van der Waals surface area contributed by atoms with Crippen LogP contribution in [0.25, 0.3) is 22.4 Å². The minimum atomic E-state index is 0.910. The second kappa shape index (κ2) is 4.52. The maximum absolute atomic E-state index is 4.62. The first-order valence-corrected chi connectivity index (χ1v) is 7.14. The topological polar surface area (TPSA) is 28.7 Å². The second-order valence-corrected chi connectivity index (χ2v) is 6.04. The third-order valence-electron chi connectivity index (χ3n) is 2.89. The van der Waals surface area contributed by atoms with Gasteiger partial charge in [-0.05, 0) is 48.9 Å². The van der Waals surface area contributed by atoms with Crippen molar-refractivity contribution >= 4 is 42.9 Å². The third-order valence-corrected chi connectivity index (χ3v) is 3.87. The van der Waals surface area contributed by atoms with Crippen LogP contribution in [0.3, 0.4) is 0 Å². The normalized spacial score (nSPS) is 11.1. The van der Waals surface area contributed by atoms with Gasteiger partial charge < -0.3 is 4.98 Å². The van der Waals surface area contributed by atoms with Gasteiger partial charge in [-0.1, -0.05) is 31.9 Å². The number of halogens is 2. The lowest BCUT2D eigenvalue weighted by Gasteiger charge is -2.02. The molecule has 0 spiro atoms. The van der Waals surface area contributed by atoms with Crippen molar-refractivity contribution in [3.63, 3.8) is 0 Å².